The van der Waals surface area contributed by atoms with Crippen molar-refractivity contribution >= 4 is 29.2 Å². The molecule has 1 unspecified atom stereocenters. The lowest BCUT2D eigenvalue weighted by Crippen LogP contribution is -2.28. The summed E-state index contributed by atoms with van der Waals surface area (Å²) in [5.74, 6) is 0.918. The second kappa shape index (κ2) is 7.38. The Morgan fingerprint density at radius 1 is 1.05 bits per heavy atom. The highest BCUT2D eigenvalue weighted by molar-refractivity contribution is 6.35. The standard InChI is InChI=1S/C16H14Cl2O4/c1-10(21-15-8-3-11(17)9-14(15)18)16(19)22-13-6-4-12(20-2)5-7-13/h3-10H,1-2H3. The van der Waals surface area contributed by atoms with E-state index in [0.29, 0.717) is 27.3 Å². The third kappa shape index (κ3) is 4.29. The predicted octanol–water partition coefficient (Wildman–Crippen LogP) is 4.37. The van der Waals surface area contributed by atoms with Gasteiger partial charge in [0.05, 0.1) is 12.1 Å². The average molecular weight is 341 g/mol. The van der Waals surface area contributed by atoms with Crippen LogP contribution < -0.4 is 14.2 Å². The van der Waals surface area contributed by atoms with E-state index in [0.717, 1.165) is 0 Å². The van der Waals surface area contributed by atoms with Crippen LogP contribution in [0.5, 0.6) is 17.2 Å². The van der Waals surface area contributed by atoms with Gasteiger partial charge >= 0.3 is 5.97 Å². The lowest BCUT2D eigenvalue weighted by molar-refractivity contribution is -0.141. The van der Waals surface area contributed by atoms with Gasteiger partial charge in [-0.25, -0.2) is 4.79 Å². The van der Waals surface area contributed by atoms with Crippen LogP contribution in [-0.4, -0.2) is 19.2 Å². The summed E-state index contributed by atoms with van der Waals surface area (Å²) in [5, 5.41) is 0.822. The van der Waals surface area contributed by atoms with Crippen molar-refractivity contribution in [2.24, 2.45) is 0 Å². The van der Waals surface area contributed by atoms with E-state index in [1.165, 1.54) is 0 Å². The third-order valence-electron chi connectivity index (χ3n) is 2.81. The summed E-state index contributed by atoms with van der Waals surface area (Å²) in [7, 11) is 1.56. The number of carbonyl (C=O) groups excluding carboxylic acids is 1. The molecule has 0 radical (unpaired) electrons. The second-order valence-electron chi connectivity index (χ2n) is 4.43. The Hall–Kier alpha value is -1.91. The van der Waals surface area contributed by atoms with E-state index in [1.807, 2.05) is 0 Å². The van der Waals surface area contributed by atoms with E-state index in [4.69, 9.17) is 37.4 Å². The van der Waals surface area contributed by atoms with Crippen LogP contribution in [0.3, 0.4) is 0 Å². The summed E-state index contributed by atoms with van der Waals surface area (Å²) in [6.45, 7) is 1.58. The maximum atomic E-state index is 12.0. The smallest absolute Gasteiger partial charge is 0.352 e. The van der Waals surface area contributed by atoms with Crippen molar-refractivity contribution in [3.63, 3.8) is 0 Å². The highest BCUT2D eigenvalue weighted by Crippen LogP contribution is 2.28. The van der Waals surface area contributed by atoms with Crippen molar-refractivity contribution in [2.45, 2.75) is 13.0 Å². The van der Waals surface area contributed by atoms with E-state index >= 15 is 0 Å². The Morgan fingerprint density at radius 2 is 1.68 bits per heavy atom. The Kier molecular flexibility index (Phi) is 5.52. The summed E-state index contributed by atoms with van der Waals surface area (Å²) < 4.78 is 15.7. The number of carbonyl (C=O) groups is 1. The molecule has 0 spiro atoms. The fourth-order valence-corrected chi connectivity index (χ4v) is 2.11. The molecule has 0 aromatic heterocycles. The average Bonchev–Trinajstić information content (AvgIpc) is 2.50. The lowest BCUT2D eigenvalue weighted by Gasteiger charge is -2.15. The van der Waals surface area contributed by atoms with Crippen LogP contribution >= 0.6 is 23.2 Å². The first-order valence-electron chi connectivity index (χ1n) is 6.47. The predicted molar refractivity (Wildman–Crippen MR) is 85.2 cm³/mol. The minimum atomic E-state index is -0.819. The molecule has 2 aromatic carbocycles. The number of halogens is 2. The topological polar surface area (TPSA) is 44.8 Å². The molecule has 0 aliphatic rings. The van der Waals surface area contributed by atoms with Crippen molar-refractivity contribution in [1.29, 1.82) is 0 Å². The SMILES string of the molecule is COc1ccc(OC(=O)C(C)Oc2ccc(Cl)cc2Cl)cc1. The van der Waals surface area contributed by atoms with Crippen LogP contribution in [-0.2, 0) is 4.79 Å². The third-order valence-corrected chi connectivity index (χ3v) is 3.34. The van der Waals surface area contributed by atoms with Gasteiger partial charge in [0.25, 0.3) is 0 Å². The van der Waals surface area contributed by atoms with Gasteiger partial charge in [0.1, 0.15) is 17.2 Å². The minimum Gasteiger partial charge on any atom is -0.497 e. The zero-order valence-electron chi connectivity index (χ0n) is 12.0. The molecule has 0 fully saturated rings. The fourth-order valence-electron chi connectivity index (χ4n) is 1.65. The number of methoxy groups -OCH3 is 1. The van der Waals surface area contributed by atoms with Crippen molar-refractivity contribution in [3.8, 4) is 17.2 Å². The van der Waals surface area contributed by atoms with Crippen LogP contribution in [0, 0.1) is 0 Å². The summed E-state index contributed by atoms with van der Waals surface area (Å²) in [5.41, 5.74) is 0. The van der Waals surface area contributed by atoms with Crippen molar-refractivity contribution in [3.05, 3.63) is 52.5 Å². The first-order chi connectivity index (χ1) is 10.5. The van der Waals surface area contributed by atoms with Gasteiger partial charge in [0.15, 0.2) is 6.10 Å². The molecule has 1 atom stereocenters. The van der Waals surface area contributed by atoms with Gasteiger partial charge in [-0.1, -0.05) is 23.2 Å². The molecule has 2 rings (SSSR count). The molecular weight excluding hydrogens is 327 g/mol. The minimum absolute atomic E-state index is 0.330. The highest BCUT2D eigenvalue weighted by Gasteiger charge is 2.18. The molecule has 2 aromatic rings. The Labute approximate surface area is 138 Å². The van der Waals surface area contributed by atoms with Crippen molar-refractivity contribution in [2.75, 3.05) is 7.11 Å². The first-order valence-corrected chi connectivity index (χ1v) is 7.22. The Balaban J connectivity index is 1.99. The molecule has 0 heterocycles. The van der Waals surface area contributed by atoms with Gasteiger partial charge in [-0.3, -0.25) is 0 Å². The van der Waals surface area contributed by atoms with E-state index in [-0.39, 0.29) is 0 Å². The molecule has 0 saturated heterocycles. The molecule has 0 aliphatic carbocycles. The van der Waals surface area contributed by atoms with Crippen LogP contribution in [0.25, 0.3) is 0 Å². The Bertz CT molecular complexity index is 656. The quantitative estimate of drug-likeness (QED) is 0.598. The molecule has 0 N–H and O–H groups in total. The molecule has 6 heteroatoms. The van der Waals surface area contributed by atoms with Gasteiger partial charge in [-0.2, -0.15) is 0 Å². The van der Waals surface area contributed by atoms with E-state index in [2.05, 4.69) is 0 Å². The molecule has 4 nitrogen and oxygen atoms in total. The van der Waals surface area contributed by atoms with E-state index in [1.54, 1.807) is 56.5 Å². The van der Waals surface area contributed by atoms with E-state index < -0.39 is 12.1 Å². The molecule has 0 amide bonds. The number of hydrogen-bond acceptors (Lipinski definition) is 4. The molecule has 0 saturated carbocycles. The normalized spacial score (nSPS) is 11.6. The summed E-state index contributed by atoms with van der Waals surface area (Å²) in [4.78, 5) is 12.0. The Morgan fingerprint density at radius 3 is 2.27 bits per heavy atom. The number of hydrogen-bond donors (Lipinski definition) is 0. The maximum absolute atomic E-state index is 12.0. The van der Waals surface area contributed by atoms with Crippen LogP contribution in [0.4, 0.5) is 0 Å². The van der Waals surface area contributed by atoms with Gasteiger partial charge in [0.2, 0.25) is 0 Å². The number of rotatable bonds is 5. The fraction of sp³-hybridized carbons (Fsp3) is 0.188. The largest absolute Gasteiger partial charge is 0.497 e. The van der Waals surface area contributed by atoms with Gasteiger partial charge in [0, 0.05) is 5.02 Å². The summed E-state index contributed by atoms with van der Waals surface area (Å²) >= 11 is 11.8. The van der Waals surface area contributed by atoms with E-state index in [9.17, 15) is 4.79 Å². The summed E-state index contributed by atoms with van der Waals surface area (Å²) in [6, 6.07) is 11.4. The van der Waals surface area contributed by atoms with Gasteiger partial charge in [-0.15, -0.1) is 0 Å². The van der Waals surface area contributed by atoms with Crippen molar-refractivity contribution in [1.82, 2.24) is 0 Å². The van der Waals surface area contributed by atoms with Crippen LogP contribution in [0.15, 0.2) is 42.5 Å². The summed E-state index contributed by atoms with van der Waals surface area (Å²) in [6.07, 6.45) is -0.819. The monoisotopic (exact) mass is 340 g/mol. The van der Waals surface area contributed by atoms with Gasteiger partial charge < -0.3 is 14.2 Å². The molecule has 0 bridgehead atoms. The van der Waals surface area contributed by atoms with Crippen LogP contribution in [0.1, 0.15) is 6.92 Å². The van der Waals surface area contributed by atoms with Crippen molar-refractivity contribution < 1.29 is 19.0 Å². The lowest BCUT2D eigenvalue weighted by atomic mass is 10.3. The number of ether oxygens (including phenoxy) is 3. The van der Waals surface area contributed by atoms with Crippen LogP contribution in [0.2, 0.25) is 10.0 Å². The first kappa shape index (κ1) is 16.5. The second-order valence-corrected chi connectivity index (χ2v) is 5.28. The zero-order chi connectivity index (χ0) is 16.1. The maximum Gasteiger partial charge on any atom is 0.352 e. The molecular formula is C16H14Cl2O4. The molecule has 0 aliphatic heterocycles. The molecule has 116 valence electrons. The number of benzene rings is 2. The zero-order valence-corrected chi connectivity index (χ0v) is 13.5. The number of esters is 1. The highest BCUT2D eigenvalue weighted by atomic mass is 35.5. The molecule has 22 heavy (non-hydrogen) atoms. The van der Waals surface area contributed by atoms with Gasteiger partial charge in [-0.05, 0) is 49.4 Å².